The van der Waals surface area contributed by atoms with Gasteiger partial charge in [-0.1, -0.05) is 13.8 Å². The number of imidazole rings is 1. The average molecular weight is 262 g/mol. The number of ether oxygens (including phenoxy) is 1. The molecule has 5 nitrogen and oxygen atoms in total. The Morgan fingerprint density at radius 2 is 2.05 bits per heavy atom. The first-order valence-corrected chi connectivity index (χ1v) is 6.04. The van der Waals surface area contributed by atoms with Crippen molar-refractivity contribution in [1.82, 2.24) is 9.55 Å². The molecular formula is C14H18N2O3. The number of hydrogen-bond donors (Lipinski definition) is 1. The van der Waals surface area contributed by atoms with E-state index in [9.17, 15) is 4.79 Å². The van der Waals surface area contributed by atoms with Gasteiger partial charge in [-0.05, 0) is 25.1 Å². The van der Waals surface area contributed by atoms with Crippen molar-refractivity contribution in [2.45, 2.75) is 20.8 Å². The van der Waals surface area contributed by atoms with Crippen molar-refractivity contribution in [1.29, 1.82) is 0 Å². The monoisotopic (exact) mass is 262 g/mol. The molecule has 0 bridgehead atoms. The number of carboxylic acids is 1. The van der Waals surface area contributed by atoms with Gasteiger partial charge < -0.3 is 14.4 Å². The number of carbonyl (C=O) groups is 1. The molecule has 0 unspecified atom stereocenters. The SMILES string of the molecule is CC.COc1cc(C(=O)O)ccc1-n1cnc(C)c1. The van der Waals surface area contributed by atoms with Crippen molar-refractivity contribution in [3.63, 3.8) is 0 Å². The van der Waals surface area contributed by atoms with Gasteiger partial charge in [0.25, 0.3) is 0 Å². The Morgan fingerprint density at radius 3 is 2.53 bits per heavy atom. The van der Waals surface area contributed by atoms with Gasteiger partial charge in [0.1, 0.15) is 5.75 Å². The van der Waals surface area contributed by atoms with Crippen LogP contribution in [0.5, 0.6) is 5.75 Å². The predicted octanol–water partition coefficient (Wildman–Crippen LogP) is 2.91. The van der Waals surface area contributed by atoms with Crippen LogP contribution in [-0.2, 0) is 0 Å². The Labute approximate surface area is 112 Å². The van der Waals surface area contributed by atoms with Crippen LogP contribution in [0.25, 0.3) is 5.69 Å². The fourth-order valence-electron chi connectivity index (χ4n) is 1.58. The summed E-state index contributed by atoms with van der Waals surface area (Å²) in [5, 5.41) is 8.90. The van der Waals surface area contributed by atoms with E-state index in [0.717, 1.165) is 11.4 Å². The van der Waals surface area contributed by atoms with E-state index in [0.29, 0.717) is 5.75 Å². The number of aryl methyl sites for hydroxylation is 1. The lowest BCUT2D eigenvalue weighted by molar-refractivity contribution is 0.0696. The maximum Gasteiger partial charge on any atom is 0.335 e. The molecule has 19 heavy (non-hydrogen) atoms. The lowest BCUT2D eigenvalue weighted by atomic mass is 10.2. The van der Waals surface area contributed by atoms with Crippen molar-refractivity contribution < 1.29 is 14.6 Å². The van der Waals surface area contributed by atoms with Gasteiger partial charge in [-0.15, -0.1) is 0 Å². The normalized spacial score (nSPS) is 9.47. The second kappa shape index (κ2) is 6.58. The maximum absolute atomic E-state index is 10.8. The average Bonchev–Trinajstić information content (AvgIpc) is 2.86. The van der Waals surface area contributed by atoms with E-state index in [2.05, 4.69) is 4.98 Å². The molecule has 0 aliphatic carbocycles. The van der Waals surface area contributed by atoms with Crippen LogP contribution in [0.3, 0.4) is 0 Å². The highest BCUT2D eigenvalue weighted by atomic mass is 16.5. The molecule has 0 amide bonds. The van der Waals surface area contributed by atoms with Crippen LogP contribution in [-0.4, -0.2) is 27.7 Å². The molecule has 1 N–H and O–H groups in total. The summed E-state index contributed by atoms with van der Waals surface area (Å²) in [5.41, 5.74) is 1.84. The molecule has 2 aromatic rings. The Hall–Kier alpha value is -2.30. The highest BCUT2D eigenvalue weighted by Crippen LogP contribution is 2.24. The fraction of sp³-hybridized carbons (Fsp3) is 0.286. The molecule has 102 valence electrons. The smallest absolute Gasteiger partial charge is 0.335 e. The standard InChI is InChI=1S/C12H12N2O3.C2H6/c1-8-6-14(7-13-8)10-4-3-9(12(15)16)5-11(10)17-2;1-2/h3-7H,1-2H3,(H,15,16);1-2H3. The zero-order valence-electron chi connectivity index (χ0n) is 11.5. The molecule has 0 aliphatic heterocycles. The quantitative estimate of drug-likeness (QED) is 0.923. The van der Waals surface area contributed by atoms with Gasteiger partial charge in [-0.2, -0.15) is 0 Å². The van der Waals surface area contributed by atoms with Gasteiger partial charge in [0.2, 0.25) is 0 Å². The molecule has 2 rings (SSSR count). The second-order valence-electron chi connectivity index (χ2n) is 3.61. The number of aromatic nitrogens is 2. The Kier molecular flexibility index (Phi) is 5.11. The minimum atomic E-state index is -0.975. The van der Waals surface area contributed by atoms with Gasteiger partial charge >= 0.3 is 5.97 Å². The van der Waals surface area contributed by atoms with Crippen LogP contribution in [0.15, 0.2) is 30.7 Å². The third-order valence-electron chi connectivity index (χ3n) is 2.42. The Balaban J connectivity index is 0.000000861. The second-order valence-corrected chi connectivity index (χ2v) is 3.61. The van der Waals surface area contributed by atoms with E-state index < -0.39 is 5.97 Å². The van der Waals surface area contributed by atoms with Crippen molar-refractivity contribution in [3.05, 3.63) is 42.0 Å². The number of benzene rings is 1. The lowest BCUT2D eigenvalue weighted by Crippen LogP contribution is -2.00. The Bertz CT molecular complexity index is 562. The molecule has 0 radical (unpaired) electrons. The number of hydrogen-bond acceptors (Lipinski definition) is 3. The molecule has 1 aromatic carbocycles. The van der Waals surface area contributed by atoms with E-state index in [1.54, 1.807) is 17.0 Å². The molecule has 1 heterocycles. The summed E-state index contributed by atoms with van der Waals surface area (Å²) in [6.07, 6.45) is 3.51. The first-order valence-electron chi connectivity index (χ1n) is 6.04. The summed E-state index contributed by atoms with van der Waals surface area (Å²) >= 11 is 0. The summed E-state index contributed by atoms with van der Waals surface area (Å²) < 4.78 is 6.98. The first kappa shape index (κ1) is 14.8. The van der Waals surface area contributed by atoms with Gasteiger partial charge in [-0.3, -0.25) is 0 Å². The van der Waals surface area contributed by atoms with Gasteiger partial charge in [0.05, 0.1) is 30.4 Å². The van der Waals surface area contributed by atoms with Crippen molar-refractivity contribution in [2.24, 2.45) is 0 Å². The van der Waals surface area contributed by atoms with Crippen LogP contribution in [0, 0.1) is 6.92 Å². The summed E-state index contributed by atoms with van der Waals surface area (Å²) in [4.78, 5) is 15.0. The number of nitrogens with zero attached hydrogens (tertiary/aromatic N) is 2. The largest absolute Gasteiger partial charge is 0.495 e. The molecule has 0 aliphatic rings. The van der Waals surface area contributed by atoms with Crippen LogP contribution in [0.4, 0.5) is 0 Å². The lowest BCUT2D eigenvalue weighted by Gasteiger charge is -2.09. The third kappa shape index (κ3) is 3.34. The molecule has 0 spiro atoms. The molecule has 0 saturated carbocycles. The van der Waals surface area contributed by atoms with Gasteiger partial charge in [0.15, 0.2) is 0 Å². The van der Waals surface area contributed by atoms with Crippen molar-refractivity contribution in [2.75, 3.05) is 7.11 Å². The predicted molar refractivity (Wildman–Crippen MR) is 73.2 cm³/mol. The molecule has 5 heteroatoms. The van der Waals surface area contributed by atoms with E-state index >= 15 is 0 Å². The van der Waals surface area contributed by atoms with E-state index in [-0.39, 0.29) is 5.56 Å². The Morgan fingerprint density at radius 1 is 1.37 bits per heavy atom. The fourth-order valence-corrected chi connectivity index (χ4v) is 1.58. The molecule has 0 saturated heterocycles. The van der Waals surface area contributed by atoms with Crippen molar-refractivity contribution >= 4 is 5.97 Å². The zero-order chi connectivity index (χ0) is 14.4. The van der Waals surface area contributed by atoms with Crippen LogP contribution >= 0.6 is 0 Å². The number of carboxylic acid groups (broad SMARTS) is 1. The molecule has 1 aromatic heterocycles. The summed E-state index contributed by atoms with van der Waals surface area (Å²) in [6.45, 7) is 5.88. The topological polar surface area (TPSA) is 64.3 Å². The van der Waals surface area contributed by atoms with E-state index in [4.69, 9.17) is 9.84 Å². The van der Waals surface area contributed by atoms with Crippen LogP contribution in [0.2, 0.25) is 0 Å². The van der Waals surface area contributed by atoms with E-state index in [1.165, 1.54) is 19.2 Å². The van der Waals surface area contributed by atoms with Gasteiger partial charge in [0, 0.05) is 6.20 Å². The number of aromatic carboxylic acids is 1. The molecule has 0 atom stereocenters. The highest BCUT2D eigenvalue weighted by Gasteiger charge is 2.10. The number of rotatable bonds is 3. The summed E-state index contributed by atoms with van der Waals surface area (Å²) in [5.74, 6) is -0.473. The summed E-state index contributed by atoms with van der Waals surface area (Å²) in [6, 6.07) is 4.73. The zero-order valence-corrected chi connectivity index (χ0v) is 11.5. The molecule has 0 fully saturated rings. The van der Waals surface area contributed by atoms with Crippen molar-refractivity contribution in [3.8, 4) is 11.4 Å². The van der Waals surface area contributed by atoms with Crippen LogP contribution in [0.1, 0.15) is 29.9 Å². The summed E-state index contributed by atoms with van der Waals surface area (Å²) in [7, 11) is 1.51. The van der Waals surface area contributed by atoms with Gasteiger partial charge in [-0.25, -0.2) is 9.78 Å². The molecular weight excluding hydrogens is 244 g/mol. The van der Waals surface area contributed by atoms with Crippen LogP contribution < -0.4 is 4.74 Å². The highest BCUT2D eigenvalue weighted by molar-refractivity contribution is 5.88. The third-order valence-corrected chi connectivity index (χ3v) is 2.42. The first-order chi connectivity index (χ1) is 9.11. The maximum atomic E-state index is 10.8. The number of methoxy groups -OCH3 is 1. The minimum absolute atomic E-state index is 0.197. The minimum Gasteiger partial charge on any atom is -0.495 e. The van der Waals surface area contributed by atoms with E-state index in [1.807, 2.05) is 27.0 Å².